The van der Waals surface area contributed by atoms with E-state index in [9.17, 15) is 5.11 Å². The van der Waals surface area contributed by atoms with Gasteiger partial charge < -0.3 is 10.2 Å². The van der Waals surface area contributed by atoms with Crippen molar-refractivity contribution >= 4 is 0 Å². The molecule has 2 saturated carbocycles. The molecule has 0 aromatic rings. The quantitative estimate of drug-likeness (QED) is 0.739. The van der Waals surface area contributed by atoms with Gasteiger partial charge in [0.25, 0.3) is 0 Å². The highest BCUT2D eigenvalue weighted by Crippen LogP contribution is 2.63. The summed E-state index contributed by atoms with van der Waals surface area (Å²) in [5.41, 5.74) is 1.00. The highest BCUT2D eigenvalue weighted by molar-refractivity contribution is 5.12. The summed E-state index contributed by atoms with van der Waals surface area (Å²) in [6, 6.07) is 0. The Morgan fingerprint density at radius 1 is 1.18 bits per heavy atom. The van der Waals surface area contributed by atoms with Crippen molar-refractivity contribution in [2.75, 3.05) is 6.61 Å². The SMILES string of the molecule is CC(=CCO)CC[C@]1(O)[C@H](C)CC[C@H]2C(C)(C)CCC[C@@]21C. The molecule has 0 radical (unpaired) electrons. The van der Waals surface area contributed by atoms with E-state index < -0.39 is 5.60 Å². The minimum absolute atomic E-state index is 0.0336. The highest BCUT2D eigenvalue weighted by atomic mass is 16.3. The summed E-state index contributed by atoms with van der Waals surface area (Å²) in [4.78, 5) is 0. The van der Waals surface area contributed by atoms with Crippen LogP contribution in [0, 0.1) is 22.7 Å². The van der Waals surface area contributed by atoms with Crippen molar-refractivity contribution in [3.05, 3.63) is 11.6 Å². The maximum Gasteiger partial charge on any atom is 0.0732 e. The van der Waals surface area contributed by atoms with Crippen LogP contribution in [-0.4, -0.2) is 22.4 Å². The Morgan fingerprint density at radius 2 is 1.86 bits per heavy atom. The molecule has 0 saturated heterocycles. The molecule has 0 heterocycles. The van der Waals surface area contributed by atoms with Gasteiger partial charge in [-0.15, -0.1) is 0 Å². The summed E-state index contributed by atoms with van der Waals surface area (Å²) in [7, 11) is 0. The van der Waals surface area contributed by atoms with Gasteiger partial charge in [0.1, 0.15) is 0 Å². The molecule has 2 nitrogen and oxygen atoms in total. The van der Waals surface area contributed by atoms with E-state index in [4.69, 9.17) is 5.11 Å². The standard InChI is InChI=1S/C20H36O2/c1-15(10-14-21)9-13-20(22)16(2)7-8-17-18(3,4)11-6-12-19(17,20)5/h10,16-17,21-22H,6-9,11-14H2,1-5H3/t16-,17+,19+,20+/m1/s1. The van der Waals surface area contributed by atoms with E-state index in [0.29, 0.717) is 17.3 Å². The molecule has 2 N–H and O–H groups in total. The summed E-state index contributed by atoms with van der Waals surface area (Å²) < 4.78 is 0. The lowest BCUT2D eigenvalue weighted by Gasteiger charge is -2.63. The summed E-state index contributed by atoms with van der Waals surface area (Å²) in [5.74, 6) is 0.988. The first-order valence-electron chi connectivity index (χ1n) is 9.16. The van der Waals surface area contributed by atoms with E-state index in [1.807, 2.05) is 6.08 Å². The van der Waals surface area contributed by atoms with Crippen LogP contribution in [0.15, 0.2) is 11.6 Å². The molecule has 0 aliphatic heterocycles. The fourth-order valence-corrected chi connectivity index (χ4v) is 5.75. The molecule has 22 heavy (non-hydrogen) atoms. The van der Waals surface area contributed by atoms with Crippen LogP contribution < -0.4 is 0 Å². The molecule has 2 aliphatic carbocycles. The lowest BCUT2D eigenvalue weighted by molar-refractivity contribution is -0.211. The summed E-state index contributed by atoms with van der Waals surface area (Å²) >= 11 is 0. The first-order valence-corrected chi connectivity index (χ1v) is 9.16. The molecule has 2 heteroatoms. The molecule has 0 spiro atoms. The highest BCUT2D eigenvalue weighted by Gasteiger charge is 2.60. The van der Waals surface area contributed by atoms with Gasteiger partial charge in [0.15, 0.2) is 0 Å². The third-order valence-electron chi connectivity index (χ3n) is 7.26. The van der Waals surface area contributed by atoms with Crippen LogP contribution in [0.4, 0.5) is 0 Å². The second-order valence-corrected chi connectivity index (χ2v) is 8.95. The Kier molecular flexibility index (Phi) is 5.14. The zero-order chi connectivity index (χ0) is 16.6. The molecular formula is C20H36O2. The topological polar surface area (TPSA) is 40.5 Å². The Hall–Kier alpha value is -0.340. The molecule has 0 amide bonds. The van der Waals surface area contributed by atoms with E-state index in [1.54, 1.807) is 0 Å². The van der Waals surface area contributed by atoms with Gasteiger partial charge in [-0.3, -0.25) is 0 Å². The van der Waals surface area contributed by atoms with E-state index in [2.05, 4.69) is 34.6 Å². The predicted molar refractivity (Wildman–Crippen MR) is 92.7 cm³/mol. The van der Waals surface area contributed by atoms with Crippen molar-refractivity contribution in [2.45, 2.75) is 85.2 Å². The molecule has 2 aliphatic rings. The number of allylic oxidation sites excluding steroid dienone is 1. The van der Waals surface area contributed by atoms with Gasteiger partial charge in [-0.1, -0.05) is 45.8 Å². The molecule has 0 aromatic carbocycles. The second-order valence-electron chi connectivity index (χ2n) is 8.95. The van der Waals surface area contributed by atoms with E-state index >= 15 is 0 Å². The van der Waals surface area contributed by atoms with Crippen LogP contribution in [0.25, 0.3) is 0 Å². The fourth-order valence-electron chi connectivity index (χ4n) is 5.75. The number of aliphatic hydroxyl groups excluding tert-OH is 1. The number of hydrogen-bond acceptors (Lipinski definition) is 2. The maximum atomic E-state index is 11.8. The van der Waals surface area contributed by atoms with Crippen molar-refractivity contribution in [1.82, 2.24) is 0 Å². The third-order valence-corrected chi connectivity index (χ3v) is 7.26. The molecule has 128 valence electrons. The fraction of sp³-hybridized carbons (Fsp3) is 0.900. The summed E-state index contributed by atoms with van der Waals surface area (Å²) in [5, 5.41) is 20.8. The summed E-state index contributed by atoms with van der Waals surface area (Å²) in [6.07, 6.45) is 9.69. The minimum atomic E-state index is -0.571. The zero-order valence-electron chi connectivity index (χ0n) is 15.3. The van der Waals surface area contributed by atoms with Gasteiger partial charge in [-0.05, 0) is 68.1 Å². The third kappa shape index (κ3) is 2.89. The average Bonchev–Trinajstić information content (AvgIpc) is 2.42. The zero-order valence-corrected chi connectivity index (χ0v) is 15.3. The van der Waals surface area contributed by atoms with Gasteiger partial charge in [0.05, 0.1) is 12.2 Å². The van der Waals surface area contributed by atoms with E-state index in [0.717, 1.165) is 25.7 Å². The Balaban J connectivity index is 2.28. The van der Waals surface area contributed by atoms with Crippen molar-refractivity contribution in [3.8, 4) is 0 Å². The first-order chi connectivity index (χ1) is 10.2. The maximum absolute atomic E-state index is 11.8. The first kappa shape index (κ1) is 18.0. The van der Waals surface area contributed by atoms with Crippen LogP contribution in [0.1, 0.15) is 79.6 Å². The van der Waals surface area contributed by atoms with Crippen molar-refractivity contribution in [3.63, 3.8) is 0 Å². The van der Waals surface area contributed by atoms with Crippen molar-refractivity contribution < 1.29 is 10.2 Å². The Labute approximate surface area is 137 Å². The largest absolute Gasteiger partial charge is 0.392 e. The molecule has 4 atom stereocenters. The molecule has 2 fully saturated rings. The lowest BCUT2D eigenvalue weighted by Crippen LogP contribution is -2.62. The molecule has 2 rings (SSSR count). The Morgan fingerprint density at radius 3 is 2.50 bits per heavy atom. The lowest BCUT2D eigenvalue weighted by atomic mass is 9.44. The van der Waals surface area contributed by atoms with E-state index in [-0.39, 0.29) is 12.0 Å². The van der Waals surface area contributed by atoms with Crippen molar-refractivity contribution in [2.24, 2.45) is 22.7 Å². The van der Waals surface area contributed by atoms with Gasteiger partial charge in [0, 0.05) is 0 Å². The molecule has 0 aromatic heterocycles. The van der Waals surface area contributed by atoms with Gasteiger partial charge in [-0.2, -0.15) is 0 Å². The number of fused-ring (bicyclic) bond motifs is 1. The number of rotatable bonds is 4. The van der Waals surface area contributed by atoms with Crippen LogP contribution >= 0.6 is 0 Å². The second kappa shape index (κ2) is 6.28. The van der Waals surface area contributed by atoms with E-state index in [1.165, 1.54) is 24.8 Å². The molecular weight excluding hydrogens is 272 g/mol. The predicted octanol–water partition coefficient (Wildman–Crippen LogP) is 4.70. The van der Waals surface area contributed by atoms with Crippen molar-refractivity contribution in [1.29, 1.82) is 0 Å². The minimum Gasteiger partial charge on any atom is -0.392 e. The Bertz CT molecular complexity index is 425. The average molecular weight is 309 g/mol. The van der Waals surface area contributed by atoms with Crippen LogP contribution in [0.3, 0.4) is 0 Å². The monoisotopic (exact) mass is 308 g/mol. The van der Waals surface area contributed by atoms with Gasteiger partial charge in [0.2, 0.25) is 0 Å². The normalized spacial score (nSPS) is 42.0. The molecule has 0 bridgehead atoms. The smallest absolute Gasteiger partial charge is 0.0732 e. The number of hydrogen-bond donors (Lipinski definition) is 2. The van der Waals surface area contributed by atoms with Crippen LogP contribution in [-0.2, 0) is 0 Å². The molecule has 0 unspecified atom stereocenters. The van der Waals surface area contributed by atoms with Gasteiger partial charge in [-0.25, -0.2) is 0 Å². The summed E-state index contributed by atoms with van der Waals surface area (Å²) in [6.45, 7) is 11.6. The van der Waals surface area contributed by atoms with Gasteiger partial charge >= 0.3 is 0 Å². The number of aliphatic hydroxyl groups is 2. The van der Waals surface area contributed by atoms with Crippen LogP contribution in [0.5, 0.6) is 0 Å². The van der Waals surface area contributed by atoms with Crippen LogP contribution in [0.2, 0.25) is 0 Å².